The highest BCUT2D eigenvalue weighted by atomic mass is 16.5. The van der Waals surface area contributed by atoms with Crippen molar-refractivity contribution in [2.45, 2.75) is 155 Å². The average Bonchev–Trinajstić information content (AvgIpc) is 2.82. The van der Waals surface area contributed by atoms with E-state index in [0.717, 1.165) is 32.5 Å². The van der Waals surface area contributed by atoms with Gasteiger partial charge in [-0.2, -0.15) is 5.06 Å². The maximum atomic E-state index is 10.0. The molecule has 0 aromatic rings. The molecule has 0 saturated carbocycles. The Bertz CT molecular complexity index is 372. The lowest BCUT2D eigenvalue weighted by Gasteiger charge is -2.14. The number of unbranched alkanes of at least 4 members (excludes halogenated alkanes) is 20. The summed E-state index contributed by atoms with van der Waals surface area (Å²) in [5.74, 6) is 0. The van der Waals surface area contributed by atoms with Crippen LogP contribution in [0.5, 0.6) is 0 Å². The minimum absolute atomic E-state index is 0.849. The maximum absolute atomic E-state index is 10.0. The fourth-order valence-electron chi connectivity index (χ4n) is 4.43. The van der Waals surface area contributed by atoms with Crippen LogP contribution in [0, 0.1) is 0 Å². The Balaban J connectivity index is 3.18. The molecule has 0 saturated heterocycles. The Hall–Kier alpha value is -0.380. The van der Waals surface area contributed by atoms with E-state index < -0.39 is 0 Å². The lowest BCUT2D eigenvalue weighted by molar-refractivity contribution is -0.0925. The molecule has 198 valence electrons. The SMILES string of the molecule is CCCCCCCC/C=C\CCCCCCCCN(O)CCCCCCCCCCCOC. The van der Waals surface area contributed by atoms with Crippen molar-refractivity contribution in [1.29, 1.82) is 0 Å². The molecule has 0 aliphatic heterocycles. The summed E-state index contributed by atoms with van der Waals surface area (Å²) < 4.78 is 5.08. The Morgan fingerprint density at radius 2 is 0.879 bits per heavy atom. The molecule has 0 aromatic heterocycles. The average molecular weight is 468 g/mol. The Morgan fingerprint density at radius 1 is 0.515 bits per heavy atom. The van der Waals surface area contributed by atoms with Gasteiger partial charge >= 0.3 is 0 Å². The summed E-state index contributed by atoms with van der Waals surface area (Å²) in [4.78, 5) is 0. The van der Waals surface area contributed by atoms with Gasteiger partial charge in [-0.3, -0.25) is 0 Å². The van der Waals surface area contributed by atoms with E-state index in [9.17, 15) is 5.21 Å². The minimum Gasteiger partial charge on any atom is -0.385 e. The summed E-state index contributed by atoms with van der Waals surface area (Å²) in [6.45, 7) is 4.89. The van der Waals surface area contributed by atoms with Gasteiger partial charge in [0.2, 0.25) is 0 Å². The van der Waals surface area contributed by atoms with Crippen molar-refractivity contribution in [2.75, 3.05) is 26.8 Å². The number of nitrogens with zero attached hydrogens (tertiary/aromatic N) is 1. The van der Waals surface area contributed by atoms with E-state index in [4.69, 9.17) is 4.74 Å². The highest BCUT2D eigenvalue weighted by Gasteiger charge is 2.00. The van der Waals surface area contributed by atoms with Crippen molar-refractivity contribution in [2.24, 2.45) is 0 Å². The summed E-state index contributed by atoms with van der Waals surface area (Å²) in [5, 5.41) is 11.6. The summed E-state index contributed by atoms with van der Waals surface area (Å²) in [6, 6.07) is 0. The van der Waals surface area contributed by atoms with Crippen LogP contribution in [-0.2, 0) is 4.74 Å². The van der Waals surface area contributed by atoms with Gasteiger partial charge in [0, 0.05) is 26.8 Å². The van der Waals surface area contributed by atoms with Gasteiger partial charge < -0.3 is 9.94 Å². The lowest BCUT2D eigenvalue weighted by Crippen LogP contribution is -2.21. The molecule has 0 rings (SSSR count). The summed E-state index contributed by atoms with van der Waals surface area (Å²) >= 11 is 0. The molecule has 0 aliphatic rings. The molecule has 1 N–H and O–H groups in total. The van der Waals surface area contributed by atoms with E-state index in [-0.39, 0.29) is 0 Å². The van der Waals surface area contributed by atoms with Crippen LogP contribution in [0.4, 0.5) is 0 Å². The van der Waals surface area contributed by atoms with Crippen LogP contribution in [0.15, 0.2) is 12.2 Å². The minimum atomic E-state index is 0.849. The van der Waals surface area contributed by atoms with Gasteiger partial charge in [-0.25, -0.2) is 0 Å². The molecular formula is C30H61NO2. The third kappa shape index (κ3) is 29.6. The summed E-state index contributed by atoms with van der Waals surface area (Å²) in [5.41, 5.74) is 0. The Kier molecular flexibility index (Phi) is 29.3. The lowest BCUT2D eigenvalue weighted by atomic mass is 10.1. The van der Waals surface area contributed by atoms with Crippen LogP contribution in [0.1, 0.15) is 155 Å². The van der Waals surface area contributed by atoms with E-state index in [0.29, 0.717) is 0 Å². The van der Waals surface area contributed by atoms with E-state index in [2.05, 4.69) is 19.1 Å². The van der Waals surface area contributed by atoms with Crippen molar-refractivity contribution in [1.82, 2.24) is 5.06 Å². The maximum Gasteiger partial charge on any atom is 0.0462 e. The van der Waals surface area contributed by atoms with Crippen LogP contribution in [0.25, 0.3) is 0 Å². The van der Waals surface area contributed by atoms with Crippen LogP contribution < -0.4 is 0 Å². The fourth-order valence-corrected chi connectivity index (χ4v) is 4.43. The number of hydrogen-bond donors (Lipinski definition) is 1. The molecular weight excluding hydrogens is 406 g/mol. The first-order valence-electron chi connectivity index (χ1n) is 14.9. The largest absolute Gasteiger partial charge is 0.385 e. The van der Waals surface area contributed by atoms with Crippen LogP contribution in [0.3, 0.4) is 0 Å². The van der Waals surface area contributed by atoms with Crippen molar-refractivity contribution in [3.8, 4) is 0 Å². The monoisotopic (exact) mass is 467 g/mol. The summed E-state index contributed by atoms with van der Waals surface area (Å²) in [6.07, 6.45) is 35.2. The van der Waals surface area contributed by atoms with Crippen molar-refractivity contribution < 1.29 is 9.94 Å². The molecule has 0 atom stereocenters. The van der Waals surface area contributed by atoms with Crippen molar-refractivity contribution >= 4 is 0 Å². The molecule has 3 nitrogen and oxygen atoms in total. The van der Waals surface area contributed by atoms with E-state index >= 15 is 0 Å². The molecule has 0 bridgehead atoms. The fraction of sp³-hybridized carbons (Fsp3) is 0.933. The Labute approximate surface area is 208 Å². The second-order valence-corrected chi connectivity index (χ2v) is 10.1. The molecule has 0 fully saturated rings. The second kappa shape index (κ2) is 29.7. The normalized spacial score (nSPS) is 11.9. The number of allylic oxidation sites excluding steroid dienone is 2. The van der Waals surface area contributed by atoms with Gasteiger partial charge in [0.1, 0.15) is 0 Å². The number of methoxy groups -OCH3 is 1. The molecule has 0 aliphatic carbocycles. The van der Waals surface area contributed by atoms with Gasteiger partial charge in [-0.15, -0.1) is 0 Å². The number of hydrogen-bond acceptors (Lipinski definition) is 3. The standard InChI is InChI=1S/C30H61NO2/c1-3-4-5-6-7-8-9-10-11-12-13-14-16-19-22-25-28-31(32)29-26-23-20-17-15-18-21-24-27-30-33-2/h10-11,32H,3-9,12-30H2,1-2H3/b11-10-. The van der Waals surface area contributed by atoms with Gasteiger partial charge in [-0.05, 0) is 44.9 Å². The third-order valence-corrected chi connectivity index (χ3v) is 6.69. The second-order valence-electron chi connectivity index (χ2n) is 10.1. The smallest absolute Gasteiger partial charge is 0.0462 e. The van der Waals surface area contributed by atoms with Crippen LogP contribution in [0.2, 0.25) is 0 Å². The van der Waals surface area contributed by atoms with E-state index in [1.165, 1.54) is 135 Å². The molecule has 3 heteroatoms. The van der Waals surface area contributed by atoms with Gasteiger partial charge in [0.05, 0.1) is 0 Å². The molecule has 0 amide bonds. The van der Waals surface area contributed by atoms with Gasteiger partial charge in [0.25, 0.3) is 0 Å². The zero-order valence-electron chi connectivity index (χ0n) is 22.8. The molecule has 33 heavy (non-hydrogen) atoms. The van der Waals surface area contributed by atoms with Gasteiger partial charge in [-0.1, -0.05) is 122 Å². The molecule has 0 heterocycles. The number of hydroxylamine groups is 2. The predicted octanol–water partition coefficient (Wildman–Crippen LogP) is 9.87. The molecule has 0 radical (unpaired) electrons. The molecule has 0 unspecified atom stereocenters. The van der Waals surface area contributed by atoms with E-state index in [1.54, 1.807) is 12.2 Å². The third-order valence-electron chi connectivity index (χ3n) is 6.69. The van der Waals surface area contributed by atoms with E-state index in [1.807, 2.05) is 0 Å². The first kappa shape index (κ1) is 32.6. The van der Waals surface area contributed by atoms with Crippen molar-refractivity contribution in [3.63, 3.8) is 0 Å². The quantitative estimate of drug-likeness (QED) is 0.0705. The zero-order chi connectivity index (χ0) is 24.1. The van der Waals surface area contributed by atoms with Crippen LogP contribution in [-0.4, -0.2) is 37.1 Å². The first-order chi connectivity index (χ1) is 16.3. The highest BCUT2D eigenvalue weighted by molar-refractivity contribution is 4.81. The molecule has 0 aromatic carbocycles. The molecule has 0 spiro atoms. The Morgan fingerprint density at radius 3 is 1.30 bits per heavy atom. The van der Waals surface area contributed by atoms with Crippen molar-refractivity contribution in [3.05, 3.63) is 12.2 Å². The topological polar surface area (TPSA) is 32.7 Å². The highest BCUT2D eigenvalue weighted by Crippen LogP contribution is 2.12. The summed E-state index contributed by atoms with van der Waals surface area (Å²) in [7, 11) is 1.78. The van der Waals surface area contributed by atoms with Crippen LogP contribution >= 0.6 is 0 Å². The van der Waals surface area contributed by atoms with Gasteiger partial charge in [0.15, 0.2) is 0 Å². The zero-order valence-corrected chi connectivity index (χ0v) is 22.8. The first-order valence-corrected chi connectivity index (χ1v) is 14.9. The predicted molar refractivity (Wildman–Crippen MR) is 146 cm³/mol. The number of rotatable bonds is 28. The number of ether oxygens (including phenoxy) is 1.